The minimum Gasteiger partial charge on any atom is -0.508 e. The van der Waals surface area contributed by atoms with E-state index in [2.05, 4.69) is 45.0 Å². The van der Waals surface area contributed by atoms with E-state index in [4.69, 9.17) is 0 Å². The number of hydrogen-bond acceptors (Lipinski definition) is 1. The maximum absolute atomic E-state index is 9.46. The van der Waals surface area contributed by atoms with Gasteiger partial charge in [0.1, 0.15) is 5.75 Å². The van der Waals surface area contributed by atoms with Gasteiger partial charge in [-0.3, -0.25) is 0 Å². The summed E-state index contributed by atoms with van der Waals surface area (Å²) in [4.78, 5) is 0. The molecule has 2 aromatic rings. The third kappa shape index (κ3) is 7.79. The van der Waals surface area contributed by atoms with E-state index in [1.807, 2.05) is 12.1 Å². The summed E-state index contributed by atoms with van der Waals surface area (Å²) in [6.45, 7) is 6.88. The molecule has 2 rings (SSSR count). The molecule has 1 nitrogen and oxygen atoms in total. The molecule has 0 saturated carbocycles. The topological polar surface area (TPSA) is 20.2 Å². The standard InChI is InChI=1S/C26H38O/c1-4-5-6-7-8-9-10-11-12-22-13-17-24(18-14-22)26(2,3)21-23-15-19-25(27)20-16-23/h13-20,27H,4-12,21H2,1-3H3. The average molecular weight is 367 g/mol. The van der Waals surface area contributed by atoms with Gasteiger partial charge in [-0.1, -0.05) is 102 Å². The number of phenolic OH excluding ortho intramolecular Hbond substituents is 1. The highest BCUT2D eigenvalue weighted by Gasteiger charge is 2.21. The van der Waals surface area contributed by atoms with Crippen LogP contribution in [0.5, 0.6) is 5.75 Å². The van der Waals surface area contributed by atoms with Crippen LogP contribution in [0.1, 0.15) is 88.8 Å². The smallest absolute Gasteiger partial charge is 0.115 e. The molecule has 0 aromatic heterocycles. The van der Waals surface area contributed by atoms with Crippen LogP contribution in [0.15, 0.2) is 48.5 Å². The summed E-state index contributed by atoms with van der Waals surface area (Å²) in [5, 5.41) is 9.46. The molecule has 0 amide bonds. The zero-order valence-corrected chi connectivity index (χ0v) is 17.6. The molecule has 0 bridgehead atoms. The molecule has 1 N–H and O–H groups in total. The third-order valence-electron chi connectivity index (χ3n) is 5.64. The van der Waals surface area contributed by atoms with Crippen molar-refractivity contribution >= 4 is 0 Å². The molecule has 2 aromatic carbocycles. The second-order valence-electron chi connectivity index (χ2n) is 8.65. The van der Waals surface area contributed by atoms with Crippen molar-refractivity contribution in [1.29, 1.82) is 0 Å². The lowest BCUT2D eigenvalue weighted by Crippen LogP contribution is -2.20. The van der Waals surface area contributed by atoms with Gasteiger partial charge in [-0.15, -0.1) is 0 Å². The minimum atomic E-state index is 0.0913. The van der Waals surface area contributed by atoms with Gasteiger partial charge in [0.25, 0.3) is 0 Å². The first-order valence-electron chi connectivity index (χ1n) is 10.9. The van der Waals surface area contributed by atoms with E-state index in [0.29, 0.717) is 5.75 Å². The van der Waals surface area contributed by atoms with Crippen LogP contribution in [0.4, 0.5) is 0 Å². The highest BCUT2D eigenvalue weighted by molar-refractivity contribution is 5.32. The van der Waals surface area contributed by atoms with Gasteiger partial charge in [0.15, 0.2) is 0 Å². The molecule has 1 heteroatoms. The van der Waals surface area contributed by atoms with Crippen molar-refractivity contribution in [1.82, 2.24) is 0 Å². The Bertz CT molecular complexity index is 637. The molecule has 0 heterocycles. The van der Waals surface area contributed by atoms with Crippen LogP contribution in [-0.2, 0) is 18.3 Å². The Kier molecular flexibility index (Phi) is 8.91. The van der Waals surface area contributed by atoms with E-state index >= 15 is 0 Å². The van der Waals surface area contributed by atoms with Crippen LogP contribution in [0, 0.1) is 0 Å². The first kappa shape index (κ1) is 21.5. The molecule has 0 radical (unpaired) electrons. The fourth-order valence-electron chi connectivity index (χ4n) is 3.81. The predicted octanol–water partition coefficient (Wildman–Crippen LogP) is 7.60. The molecule has 148 valence electrons. The SMILES string of the molecule is CCCCCCCCCCc1ccc(C(C)(C)Cc2ccc(O)cc2)cc1. The van der Waals surface area contributed by atoms with E-state index in [-0.39, 0.29) is 5.41 Å². The Morgan fingerprint density at radius 2 is 1.19 bits per heavy atom. The molecule has 0 aliphatic rings. The fraction of sp³-hybridized carbons (Fsp3) is 0.538. The summed E-state index contributed by atoms with van der Waals surface area (Å²) in [7, 11) is 0. The van der Waals surface area contributed by atoms with Crippen molar-refractivity contribution in [2.24, 2.45) is 0 Å². The lowest BCUT2D eigenvalue weighted by molar-refractivity contribution is 0.474. The summed E-state index contributed by atoms with van der Waals surface area (Å²) in [6, 6.07) is 16.8. The quantitative estimate of drug-likeness (QED) is 0.383. The lowest BCUT2D eigenvalue weighted by Gasteiger charge is -2.26. The van der Waals surface area contributed by atoms with Crippen LogP contribution in [0.3, 0.4) is 0 Å². The number of aryl methyl sites for hydroxylation is 1. The monoisotopic (exact) mass is 366 g/mol. The molecule has 0 atom stereocenters. The van der Waals surface area contributed by atoms with Gasteiger partial charge < -0.3 is 5.11 Å². The van der Waals surface area contributed by atoms with Gasteiger partial charge >= 0.3 is 0 Å². The summed E-state index contributed by atoms with van der Waals surface area (Å²) in [5.74, 6) is 0.335. The second kappa shape index (κ2) is 11.2. The minimum absolute atomic E-state index is 0.0913. The van der Waals surface area contributed by atoms with Gasteiger partial charge in [-0.2, -0.15) is 0 Å². The summed E-state index contributed by atoms with van der Waals surface area (Å²) in [5.41, 5.74) is 4.20. The van der Waals surface area contributed by atoms with Gasteiger partial charge in [0.05, 0.1) is 0 Å². The molecule has 0 spiro atoms. The number of unbranched alkanes of at least 4 members (excludes halogenated alkanes) is 7. The third-order valence-corrected chi connectivity index (χ3v) is 5.64. The first-order chi connectivity index (χ1) is 13.0. The Morgan fingerprint density at radius 1 is 0.667 bits per heavy atom. The summed E-state index contributed by atoms with van der Waals surface area (Å²) < 4.78 is 0. The molecule has 0 unspecified atom stereocenters. The zero-order valence-electron chi connectivity index (χ0n) is 17.6. The van der Waals surface area contributed by atoms with Crippen LogP contribution in [-0.4, -0.2) is 5.11 Å². The number of rotatable bonds is 12. The molecule has 0 saturated heterocycles. The van der Waals surface area contributed by atoms with Crippen LogP contribution < -0.4 is 0 Å². The molecule has 27 heavy (non-hydrogen) atoms. The largest absolute Gasteiger partial charge is 0.508 e. The zero-order chi connectivity index (χ0) is 19.5. The highest BCUT2D eigenvalue weighted by Crippen LogP contribution is 2.28. The van der Waals surface area contributed by atoms with E-state index < -0.39 is 0 Å². The predicted molar refractivity (Wildman–Crippen MR) is 118 cm³/mol. The van der Waals surface area contributed by atoms with Crippen LogP contribution in [0.25, 0.3) is 0 Å². The Balaban J connectivity index is 1.75. The first-order valence-corrected chi connectivity index (χ1v) is 10.9. The maximum Gasteiger partial charge on any atom is 0.115 e. The highest BCUT2D eigenvalue weighted by atomic mass is 16.3. The molecule has 0 fully saturated rings. The second-order valence-corrected chi connectivity index (χ2v) is 8.65. The van der Waals surface area contributed by atoms with E-state index in [0.717, 1.165) is 6.42 Å². The Labute approximate surface area is 166 Å². The maximum atomic E-state index is 9.46. The van der Waals surface area contributed by atoms with Crippen molar-refractivity contribution < 1.29 is 5.11 Å². The number of hydrogen-bond donors (Lipinski definition) is 1. The van der Waals surface area contributed by atoms with Crippen LogP contribution >= 0.6 is 0 Å². The van der Waals surface area contributed by atoms with Crippen molar-refractivity contribution in [2.75, 3.05) is 0 Å². The van der Waals surface area contributed by atoms with Gasteiger partial charge in [-0.05, 0) is 53.5 Å². The molecular formula is C26H38O. The van der Waals surface area contributed by atoms with Gasteiger partial charge in [0, 0.05) is 0 Å². The van der Waals surface area contributed by atoms with E-state index in [9.17, 15) is 5.11 Å². The number of aromatic hydroxyl groups is 1. The summed E-state index contributed by atoms with van der Waals surface area (Å²) >= 11 is 0. The molecule has 0 aliphatic heterocycles. The number of phenols is 1. The molecular weight excluding hydrogens is 328 g/mol. The Hall–Kier alpha value is -1.76. The Morgan fingerprint density at radius 3 is 1.78 bits per heavy atom. The summed E-state index contributed by atoms with van der Waals surface area (Å²) in [6.07, 6.45) is 13.2. The number of benzene rings is 2. The molecule has 0 aliphatic carbocycles. The van der Waals surface area contributed by atoms with Gasteiger partial charge in [-0.25, -0.2) is 0 Å². The van der Waals surface area contributed by atoms with Crippen molar-refractivity contribution in [3.63, 3.8) is 0 Å². The normalized spacial score (nSPS) is 11.7. The fourth-order valence-corrected chi connectivity index (χ4v) is 3.81. The van der Waals surface area contributed by atoms with Crippen LogP contribution in [0.2, 0.25) is 0 Å². The van der Waals surface area contributed by atoms with Crippen molar-refractivity contribution in [3.8, 4) is 5.75 Å². The van der Waals surface area contributed by atoms with E-state index in [1.165, 1.54) is 74.5 Å². The van der Waals surface area contributed by atoms with Crippen molar-refractivity contribution in [3.05, 3.63) is 65.2 Å². The lowest BCUT2D eigenvalue weighted by atomic mass is 9.79. The average Bonchev–Trinajstić information content (AvgIpc) is 2.66. The van der Waals surface area contributed by atoms with Crippen molar-refractivity contribution in [2.45, 2.75) is 90.4 Å². The van der Waals surface area contributed by atoms with E-state index in [1.54, 1.807) is 12.1 Å². The van der Waals surface area contributed by atoms with Gasteiger partial charge in [0.2, 0.25) is 0 Å².